The lowest BCUT2D eigenvalue weighted by Gasteiger charge is -2.33. The van der Waals surface area contributed by atoms with Crippen molar-refractivity contribution in [1.29, 1.82) is 0 Å². The summed E-state index contributed by atoms with van der Waals surface area (Å²) in [6.45, 7) is 3.78. The Morgan fingerprint density at radius 3 is 2.38 bits per heavy atom. The van der Waals surface area contributed by atoms with E-state index in [1.807, 2.05) is 13.8 Å². The average molecular weight is 417 g/mol. The fourth-order valence-corrected chi connectivity index (χ4v) is 3.61. The smallest absolute Gasteiger partial charge is 0.257 e. The number of nitrogens with zero attached hydrogens (tertiary/aromatic N) is 2. The summed E-state index contributed by atoms with van der Waals surface area (Å²) in [6.07, 6.45) is 0.657. The number of benzene rings is 2. The Bertz CT molecular complexity index is 915. The van der Waals surface area contributed by atoms with Gasteiger partial charge in [-0.05, 0) is 55.3 Å². The van der Waals surface area contributed by atoms with Crippen LogP contribution in [0.5, 0.6) is 0 Å². The zero-order valence-electron chi connectivity index (χ0n) is 16.3. The van der Waals surface area contributed by atoms with Crippen LogP contribution in [0.3, 0.4) is 0 Å². The zero-order chi connectivity index (χ0) is 21.1. The lowest BCUT2D eigenvalue weighted by atomic mass is 10.1. The fraction of sp³-hybridized carbons (Fsp3) is 0.318. The highest BCUT2D eigenvalue weighted by molar-refractivity contribution is 6.30. The van der Waals surface area contributed by atoms with Crippen molar-refractivity contribution in [2.45, 2.75) is 45.2 Å². The summed E-state index contributed by atoms with van der Waals surface area (Å²) in [5, 5.41) is 0.575. The van der Waals surface area contributed by atoms with Gasteiger partial charge < -0.3 is 4.90 Å². The molecule has 29 heavy (non-hydrogen) atoms. The highest BCUT2D eigenvalue weighted by Gasteiger charge is 2.45. The predicted molar refractivity (Wildman–Crippen MR) is 109 cm³/mol. The number of halogens is 2. The molecular weight excluding hydrogens is 395 g/mol. The molecule has 7 heteroatoms. The summed E-state index contributed by atoms with van der Waals surface area (Å²) in [6, 6.07) is 11.0. The van der Waals surface area contributed by atoms with Crippen molar-refractivity contribution in [3.05, 3.63) is 64.9 Å². The van der Waals surface area contributed by atoms with Crippen LogP contribution in [-0.4, -0.2) is 34.7 Å². The van der Waals surface area contributed by atoms with Crippen LogP contribution in [-0.2, 0) is 20.8 Å². The Kier molecular flexibility index (Phi) is 6.33. The Morgan fingerprint density at radius 1 is 1.17 bits per heavy atom. The zero-order valence-corrected chi connectivity index (χ0v) is 17.0. The number of hydrogen-bond donors (Lipinski definition) is 0. The van der Waals surface area contributed by atoms with Crippen LogP contribution in [0.25, 0.3) is 0 Å². The van der Waals surface area contributed by atoms with E-state index in [0.29, 0.717) is 17.1 Å². The Hall–Kier alpha value is -2.73. The third-order valence-corrected chi connectivity index (χ3v) is 5.42. The number of imide groups is 1. The van der Waals surface area contributed by atoms with E-state index in [2.05, 4.69) is 0 Å². The second kappa shape index (κ2) is 8.74. The van der Waals surface area contributed by atoms with Gasteiger partial charge in [0.1, 0.15) is 11.9 Å². The summed E-state index contributed by atoms with van der Waals surface area (Å²) < 4.78 is 13.2. The molecule has 2 atom stereocenters. The molecule has 1 aliphatic heterocycles. The van der Waals surface area contributed by atoms with Crippen LogP contribution in [0, 0.1) is 5.82 Å². The standard InChI is InChI=1S/C22H22ClFN2O3/c1-3-14(2)25(20(27)12-15-4-6-16(23)7-5-15)19-13-21(28)26(22(19)29)18-10-8-17(24)9-11-18/h4-11,14,19H,3,12-13H2,1-2H3. The van der Waals surface area contributed by atoms with Crippen LogP contribution in [0.4, 0.5) is 10.1 Å². The van der Waals surface area contributed by atoms with Gasteiger partial charge in [-0.3, -0.25) is 14.4 Å². The van der Waals surface area contributed by atoms with E-state index in [1.54, 1.807) is 24.3 Å². The lowest BCUT2D eigenvalue weighted by Crippen LogP contribution is -2.50. The maximum Gasteiger partial charge on any atom is 0.257 e. The van der Waals surface area contributed by atoms with Crippen LogP contribution in [0.1, 0.15) is 32.3 Å². The maximum atomic E-state index is 13.2. The number of anilines is 1. The molecule has 1 heterocycles. The molecule has 3 amide bonds. The molecule has 0 N–H and O–H groups in total. The topological polar surface area (TPSA) is 57.7 Å². The molecule has 0 saturated carbocycles. The SMILES string of the molecule is CCC(C)N(C(=O)Cc1ccc(Cl)cc1)C1CC(=O)N(c2ccc(F)cc2)C1=O. The molecule has 0 bridgehead atoms. The lowest BCUT2D eigenvalue weighted by molar-refractivity contribution is -0.140. The van der Waals surface area contributed by atoms with E-state index in [4.69, 9.17) is 11.6 Å². The first-order valence-corrected chi connectivity index (χ1v) is 9.87. The van der Waals surface area contributed by atoms with E-state index in [1.165, 1.54) is 29.2 Å². The molecule has 1 saturated heterocycles. The summed E-state index contributed by atoms with van der Waals surface area (Å²) in [5.41, 5.74) is 1.08. The van der Waals surface area contributed by atoms with Gasteiger partial charge in [0.05, 0.1) is 18.5 Å². The van der Waals surface area contributed by atoms with Gasteiger partial charge in [-0.2, -0.15) is 0 Å². The highest BCUT2D eigenvalue weighted by atomic mass is 35.5. The Morgan fingerprint density at radius 2 is 1.79 bits per heavy atom. The van der Waals surface area contributed by atoms with Crippen LogP contribution >= 0.6 is 11.6 Å². The minimum Gasteiger partial charge on any atom is -0.327 e. The van der Waals surface area contributed by atoms with Gasteiger partial charge in [0, 0.05) is 11.1 Å². The number of carbonyl (C=O) groups is 3. The van der Waals surface area contributed by atoms with Crippen molar-refractivity contribution in [2.24, 2.45) is 0 Å². The van der Waals surface area contributed by atoms with Gasteiger partial charge in [-0.15, -0.1) is 0 Å². The molecule has 0 aliphatic carbocycles. The molecule has 3 rings (SSSR count). The van der Waals surface area contributed by atoms with Gasteiger partial charge in [0.2, 0.25) is 11.8 Å². The second-order valence-corrected chi connectivity index (χ2v) is 7.56. The summed E-state index contributed by atoms with van der Waals surface area (Å²) in [5.74, 6) is -1.55. The first kappa shape index (κ1) is 21.0. The van der Waals surface area contributed by atoms with Crippen molar-refractivity contribution in [2.75, 3.05) is 4.90 Å². The van der Waals surface area contributed by atoms with Gasteiger partial charge in [-0.1, -0.05) is 30.7 Å². The third-order valence-electron chi connectivity index (χ3n) is 5.17. The Labute approximate surface area is 174 Å². The van der Waals surface area contributed by atoms with Crippen LogP contribution < -0.4 is 4.90 Å². The van der Waals surface area contributed by atoms with Crippen molar-refractivity contribution >= 4 is 35.0 Å². The second-order valence-electron chi connectivity index (χ2n) is 7.13. The first-order chi connectivity index (χ1) is 13.8. The maximum absolute atomic E-state index is 13.2. The van der Waals surface area contributed by atoms with Gasteiger partial charge >= 0.3 is 0 Å². The monoisotopic (exact) mass is 416 g/mol. The molecule has 0 aromatic heterocycles. The molecular formula is C22H22ClFN2O3. The van der Waals surface area contributed by atoms with Crippen molar-refractivity contribution in [3.8, 4) is 0 Å². The van der Waals surface area contributed by atoms with Gasteiger partial charge in [0.25, 0.3) is 5.91 Å². The van der Waals surface area contributed by atoms with E-state index < -0.39 is 23.7 Å². The Balaban J connectivity index is 1.85. The first-order valence-electron chi connectivity index (χ1n) is 9.49. The number of carbonyl (C=O) groups excluding carboxylic acids is 3. The molecule has 2 unspecified atom stereocenters. The molecule has 2 aromatic carbocycles. The van der Waals surface area contributed by atoms with Gasteiger partial charge in [0.15, 0.2) is 0 Å². The summed E-state index contributed by atoms with van der Waals surface area (Å²) in [7, 11) is 0. The van der Waals surface area contributed by atoms with Crippen LogP contribution in [0.2, 0.25) is 5.02 Å². The minimum atomic E-state index is -0.873. The molecule has 2 aromatic rings. The van der Waals surface area contributed by atoms with E-state index in [9.17, 15) is 18.8 Å². The van der Waals surface area contributed by atoms with Crippen molar-refractivity contribution in [1.82, 2.24) is 4.90 Å². The van der Waals surface area contributed by atoms with E-state index in [0.717, 1.165) is 10.5 Å². The van der Waals surface area contributed by atoms with Crippen LogP contribution in [0.15, 0.2) is 48.5 Å². The third kappa shape index (κ3) is 4.48. The number of rotatable bonds is 6. The fourth-order valence-electron chi connectivity index (χ4n) is 3.49. The quantitative estimate of drug-likeness (QED) is 0.669. The largest absolute Gasteiger partial charge is 0.327 e. The predicted octanol–water partition coefficient (Wildman–Crippen LogP) is 3.98. The minimum absolute atomic E-state index is 0.0904. The average Bonchev–Trinajstić information content (AvgIpc) is 2.98. The molecule has 152 valence electrons. The summed E-state index contributed by atoms with van der Waals surface area (Å²) >= 11 is 5.90. The van der Waals surface area contributed by atoms with E-state index in [-0.39, 0.29) is 24.8 Å². The molecule has 0 radical (unpaired) electrons. The molecule has 1 aliphatic rings. The molecule has 0 spiro atoms. The molecule has 1 fully saturated rings. The van der Waals surface area contributed by atoms with E-state index >= 15 is 0 Å². The van der Waals surface area contributed by atoms with Crippen molar-refractivity contribution in [3.63, 3.8) is 0 Å². The highest BCUT2D eigenvalue weighted by Crippen LogP contribution is 2.28. The molecule has 5 nitrogen and oxygen atoms in total. The van der Waals surface area contributed by atoms with Crippen molar-refractivity contribution < 1.29 is 18.8 Å². The summed E-state index contributed by atoms with van der Waals surface area (Å²) in [4.78, 5) is 41.3. The number of hydrogen-bond acceptors (Lipinski definition) is 3. The number of amides is 3. The van der Waals surface area contributed by atoms with Gasteiger partial charge in [-0.25, -0.2) is 9.29 Å². The normalized spacial score (nSPS) is 17.5.